The molecule has 0 spiro atoms. The normalized spacial score (nSPS) is 17.0. The molecule has 0 aromatic heterocycles. The first kappa shape index (κ1) is 23.5. The molecule has 31 heavy (non-hydrogen) atoms. The van der Waals surface area contributed by atoms with Gasteiger partial charge in [-0.1, -0.05) is 28.9 Å². The van der Waals surface area contributed by atoms with Gasteiger partial charge in [0.15, 0.2) is 0 Å². The smallest absolute Gasteiger partial charge is 0.145 e. The lowest BCUT2D eigenvalue weighted by Crippen LogP contribution is -2.39. The van der Waals surface area contributed by atoms with Gasteiger partial charge in [-0.3, -0.25) is 4.90 Å². The molecule has 0 amide bonds. The molecule has 1 N–H and O–H groups in total. The van der Waals surface area contributed by atoms with Crippen molar-refractivity contribution in [3.8, 4) is 5.75 Å². The first-order chi connectivity index (χ1) is 14.9. The van der Waals surface area contributed by atoms with Crippen LogP contribution in [0.4, 0.5) is 0 Å². The third kappa shape index (κ3) is 7.51. The van der Waals surface area contributed by atoms with Gasteiger partial charge in [-0.15, -0.1) is 0 Å². The zero-order valence-corrected chi connectivity index (χ0v) is 19.1. The van der Waals surface area contributed by atoms with Crippen LogP contribution in [0.5, 0.6) is 5.75 Å². The summed E-state index contributed by atoms with van der Waals surface area (Å²) in [5, 5.41) is 15.5. The number of aliphatic hydroxyl groups excluding tert-OH is 1. The first-order valence-electron chi connectivity index (χ1n) is 10.6. The average Bonchev–Trinajstić information content (AvgIpc) is 3.20. The van der Waals surface area contributed by atoms with Crippen LogP contribution in [0.2, 0.25) is 5.02 Å². The fourth-order valence-electron chi connectivity index (χ4n) is 3.52. The van der Waals surface area contributed by atoms with Crippen molar-refractivity contribution in [2.24, 2.45) is 5.16 Å². The number of oxime groups is 1. The van der Waals surface area contributed by atoms with Gasteiger partial charge in [-0.25, -0.2) is 0 Å². The molecule has 6 nitrogen and oxygen atoms in total. The number of methoxy groups -OCH3 is 1. The molecule has 1 aliphatic rings. The number of benzene rings is 2. The Morgan fingerprint density at radius 3 is 2.68 bits per heavy atom. The molecule has 7 heteroatoms. The average molecular weight is 447 g/mol. The van der Waals surface area contributed by atoms with Crippen molar-refractivity contribution in [1.82, 2.24) is 4.90 Å². The molecule has 1 aliphatic heterocycles. The van der Waals surface area contributed by atoms with Gasteiger partial charge in [0.05, 0.1) is 31.6 Å². The summed E-state index contributed by atoms with van der Waals surface area (Å²) in [7, 11) is 1.65. The lowest BCUT2D eigenvalue weighted by atomic mass is 10.0. The van der Waals surface area contributed by atoms with Crippen LogP contribution in [0.15, 0.2) is 53.7 Å². The van der Waals surface area contributed by atoms with Crippen LogP contribution in [0.1, 0.15) is 31.4 Å². The van der Waals surface area contributed by atoms with Crippen molar-refractivity contribution in [2.45, 2.75) is 45.1 Å². The van der Waals surface area contributed by atoms with Gasteiger partial charge in [0.2, 0.25) is 0 Å². The molecule has 168 valence electrons. The fourth-order valence-corrected chi connectivity index (χ4v) is 3.73. The zero-order valence-electron chi connectivity index (χ0n) is 18.3. The molecular formula is C24H31ClN2O4. The fraction of sp³-hybridized carbons (Fsp3) is 0.458. The first-order valence-corrected chi connectivity index (χ1v) is 10.9. The predicted octanol–water partition coefficient (Wildman–Crippen LogP) is 4.13. The minimum absolute atomic E-state index is 0.0784. The molecular weight excluding hydrogens is 416 g/mol. The van der Waals surface area contributed by atoms with Gasteiger partial charge >= 0.3 is 0 Å². The second-order valence-corrected chi connectivity index (χ2v) is 8.49. The van der Waals surface area contributed by atoms with Crippen molar-refractivity contribution in [3.05, 3.63) is 64.7 Å². The van der Waals surface area contributed by atoms with E-state index in [1.165, 1.54) is 0 Å². The summed E-state index contributed by atoms with van der Waals surface area (Å²) >= 11 is 6.16. The maximum absolute atomic E-state index is 10.5. The molecule has 2 atom stereocenters. The molecule has 2 aromatic carbocycles. The van der Waals surface area contributed by atoms with Crippen LogP contribution in [-0.4, -0.2) is 60.8 Å². The third-order valence-corrected chi connectivity index (χ3v) is 5.24. The SMILES string of the molecule is COc1ccc(C2=NO[C@@H](CN(Cc3cccc(Cl)c3)C[C@H](O)COC(C)C)C2)cc1. The largest absolute Gasteiger partial charge is 0.497 e. The molecule has 2 aromatic rings. The number of aliphatic hydroxyl groups is 1. The van der Waals surface area contributed by atoms with E-state index < -0.39 is 6.10 Å². The number of hydrogen-bond acceptors (Lipinski definition) is 6. The molecule has 0 aliphatic carbocycles. The van der Waals surface area contributed by atoms with E-state index in [4.69, 9.17) is 25.9 Å². The number of hydrogen-bond donors (Lipinski definition) is 1. The quantitative estimate of drug-likeness (QED) is 0.562. The number of halogens is 1. The highest BCUT2D eigenvalue weighted by Gasteiger charge is 2.26. The Balaban J connectivity index is 1.62. The summed E-state index contributed by atoms with van der Waals surface area (Å²) < 4.78 is 10.8. The van der Waals surface area contributed by atoms with Crippen molar-refractivity contribution < 1.29 is 19.4 Å². The van der Waals surface area contributed by atoms with Gasteiger partial charge < -0.3 is 19.4 Å². The van der Waals surface area contributed by atoms with E-state index in [-0.39, 0.29) is 12.2 Å². The summed E-state index contributed by atoms with van der Waals surface area (Å²) in [6.07, 6.45) is 0.103. The van der Waals surface area contributed by atoms with Gasteiger partial charge in [0.25, 0.3) is 0 Å². The van der Waals surface area contributed by atoms with E-state index in [2.05, 4.69) is 10.1 Å². The van der Waals surface area contributed by atoms with Crippen LogP contribution in [-0.2, 0) is 16.1 Å². The third-order valence-electron chi connectivity index (χ3n) is 5.00. The van der Waals surface area contributed by atoms with Crippen LogP contribution in [0.3, 0.4) is 0 Å². The van der Waals surface area contributed by atoms with Gasteiger partial charge in [0, 0.05) is 31.1 Å². The Bertz CT molecular complexity index is 857. The Morgan fingerprint density at radius 2 is 2.00 bits per heavy atom. The van der Waals surface area contributed by atoms with E-state index in [1.54, 1.807) is 7.11 Å². The Kier molecular flexibility index (Phi) is 8.72. The summed E-state index contributed by atoms with van der Waals surface area (Å²) in [5.74, 6) is 0.810. The molecule has 0 fully saturated rings. The van der Waals surface area contributed by atoms with Crippen LogP contribution >= 0.6 is 11.6 Å². The second-order valence-electron chi connectivity index (χ2n) is 8.06. The molecule has 0 saturated carbocycles. The topological polar surface area (TPSA) is 63.5 Å². The Morgan fingerprint density at radius 1 is 1.23 bits per heavy atom. The monoisotopic (exact) mass is 446 g/mol. The van der Waals surface area contributed by atoms with E-state index in [0.29, 0.717) is 37.7 Å². The summed E-state index contributed by atoms with van der Waals surface area (Å²) in [6, 6.07) is 15.6. The second kappa shape index (κ2) is 11.5. The molecule has 0 saturated heterocycles. The molecule has 0 bridgehead atoms. The molecule has 1 heterocycles. The summed E-state index contributed by atoms with van der Waals surface area (Å²) in [5.41, 5.74) is 3.02. The number of nitrogens with zero attached hydrogens (tertiary/aromatic N) is 2. The van der Waals surface area contributed by atoms with E-state index in [0.717, 1.165) is 22.6 Å². The van der Waals surface area contributed by atoms with Crippen molar-refractivity contribution in [2.75, 3.05) is 26.8 Å². The highest BCUT2D eigenvalue weighted by molar-refractivity contribution is 6.30. The summed E-state index contributed by atoms with van der Waals surface area (Å²) in [6.45, 7) is 5.97. The van der Waals surface area contributed by atoms with Gasteiger partial charge in [0.1, 0.15) is 11.9 Å². The Labute approximate surface area is 189 Å². The lowest BCUT2D eigenvalue weighted by Gasteiger charge is -2.27. The van der Waals surface area contributed by atoms with Crippen LogP contribution in [0.25, 0.3) is 0 Å². The molecule has 0 unspecified atom stereocenters. The maximum atomic E-state index is 10.5. The standard InChI is InChI=1S/C24H31ClN2O4/c1-17(2)30-16-21(28)14-27(13-18-5-4-6-20(25)11-18)15-23-12-24(26-31-23)19-7-9-22(29-3)10-8-19/h4-11,17,21,23,28H,12-16H2,1-3H3/t21-,23+/m0/s1. The van der Waals surface area contributed by atoms with Crippen molar-refractivity contribution in [3.63, 3.8) is 0 Å². The molecule has 3 rings (SSSR count). The zero-order chi connectivity index (χ0) is 22.2. The van der Waals surface area contributed by atoms with E-state index in [9.17, 15) is 5.11 Å². The minimum Gasteiger partial charge on any atom is -0.497 e. The minimum atomic E-state index is -0.593. The summed E-state index contributed by atoms with van der Waals surface area (Å²) in [4.78, 5) is 7.89. The van der Waals surface area contributed by atoms with Crippen LogP contribution in [0, 0.1) is 0 Å². The van der Waals surface area contributed by atoms with Crippen molar-refractivity contribution >= 4 is 17.3 Å². The number of ether oxygens (including phenoxy) is 2. The predicted molar refractivity (Wildman–Crippen MR) is 123 cm³/mol. The van der Waals surface area contributed by atoms with Crippen molar-refractivity contribution in [1.29, 1.82) is 0 Å². The lowest BCUT2D eigenvalue weighted by molar-refractivity contribution is -0.0194. The van der Waals surface area contributed by atoms with Crippen LogP contribution < -0.4 is 4.74 Å². The van der Waals surface area contributed by atoms with E-state index >= 15 is 0 Å². The highest BCUT2D eigenvalue weighted by atomic mass is 35.5. The van der Waals surface area contributed by atoms with Gasteiger partial charge in [-0.05, 0) is 61.4 Å². The van der Waals surface area contributed by atoms with E-state index in [1.807, 2.05) is 62.4 Å². The maximum Gasteiger partial charge on any atom is 0.145 e. The highest BCUT2D eigenvalue weighted by Crippen LogP contribution is 2.21. The Hall–Kier alpha value is -2.12. The molecule has 0 radical (unpaired) electrons. The number of rotatable bonds is 11. The van der Waals surface area contributed by atoms with Gasteiger partial charge in [-0.2, -0.15) is 0 Å².